The Morgan fingerprint density at radius 3 is 3.09 bits per heavy atom. The van der Waals surface area contributed by atoms with Gasteiger partial charge in [0.2, 0.25) is 0 Å². The van der Waals surface area contributed by atoms with Gasteiger partial charge in [-0.3, -0.25) is 9.89 Å². The van der Waals surface area contributed by atoms with Crippen LogP contribution in [0, 0.1) is 0 Å². The van der Waals surface area contributed by atoms with E-state index in [4.69, 9.17) is 9.47 Å². The number of rotatable bonds is 8. The molecule has 0 aromatic carbocycles. The molecule has 2 saturated heterocycles. The number of hydrogen-bond acceptors (Lipinski definition) is 4. The predicted octanol–water partition coefficient (Wildman–Crippen LogP) is 0.831. The van der Waals surface area contributed by atoms with Gasteiger partial charge < -0.3 is 20.1 Å². The molecular formula is C16H32N4O2. The van der Waals surface area contributed by atoms with Crippen molar-refractivity contribution in [1.82, 2.24) is 15.5 Å². The zero-order valence-corrected chi connectivity index (χ0v) is 14.1. The minimum absolute atomic E-state index is 0.269. The van der Waals surface area contributed by atoms with Crippen LogP contribution in [0.5, 0.6) is 0 Å². The van der Waals surface area contributed by atoms with Gasteiger partial charge in [0.05, 0.1) is 12.7 Å². The molecule has 0 amide bonds. The molecule has 0 bridgehead atoms. The molecule has 6 nitrogen and oxygen atoms in total. The molecule has 2 unspecified atom stereocenters. The number of fused-ring (bicyclic) bond motifs is 1. The van der Waals surface area contributed by atoms with E-state index in [1.165, 1.54) is 19.4 Å². The molecule has 2 heterocycles. The number of hydrogen-bond donors (Lipinski definition) is 2. The van der Waals surface area contributed by atoms with Crippen molar-refractivity contribution in [3.63, 3.8) is 0 Å². The summed E-state index contributed by atoms with van der Waals surface area (Å²) in [7, 11) is 1.81. The number of aliphatic imine (C=N–C) groups is 1. The van der Waals surface area contributed by atoms with Crippen molar-refractivity contribution in [3.05, 3.63) is 0 Å². The fourth-order valence-electron chi connectivity index (χ4n) is 3.12. The molecule has 0 radical (unpaired) electrons. The van der Waals surface area contributed by atoms with Crippen molar-refractivity contribution in [2.24, 2.45) is 4.99 Å². The highest BCUT2D eigenvalue weighted by Crippen LogP contribution is 2.22. The highest BCUT2D eigenvalue weighted by Gasteiger charge is 2.31. The van der Waals surface area contributed by atoms with Gasteiger partial charge in [0.25, 0.3) is 0 Å². The molecule has 22 heavy (non-hydrogen) atoms. The summed E-state index contributed by atoms with van der Waals surface area (Å²) in [4.78, 5) is 6.84. The molecule has 0 spiro atoms. The summed E-state index contributed by atoms with van der Waals surface area (Å²) in [5, 5.41) is 6.72. The Labute approximate surface area is 134 Å². The molecular weight excluding hydrogens is 280 g/mol. The number of nitrogens with one attached hydrogen (secondary N) is 2. The Kier molecular flexibility index (Phi) is 7.98. The number of unbranched alkanes of at least 4 members (excludes halogenated alkanes) is 1. The van der Waals surface area contributed by atoms with E-state index in [-0.39, 0.29) is 6.10 Å². The van der Waals surface area contributed by atoms with Crippen LogP contribution in [0.25, 0.3) is 0 Å². The lowest BCUT2D eigenvalue weighted by Crippen LogP contribution is -2.51. The topological polar surface area (TPSA) is 58.1 Å². The van der Waals surface area contributed by atoms with Gasteiger partial charge >= 0.3 is 0 Å². The minimum Gasteiger partial charge on any atom is -0.382 e. The monoisotopic (exact) mass is 312 g/mol. The van der Waals surface area contributed by atoms with Crippen molar-refractivity contribution in [1.29, 1.82) is 0 Å². The Morgan fingerprint density at radius 2 is 2.27 bits per heavy atom. The van der Waals surface area contributed by atoms with Gasteiger partial charge in [0, 0.05) is 45.9 Å². The van der Waals surface area contributed by atoms with E-state index in [1.54, 1.807) is 0 Å². The summed E-state index contributed by atoms with van der Waals surface area (Å²) >= 11 is 0. The number of ether oxygens (including phenoxy) is 2. The number of morpholine rings is 1. The van der Waals surface area contributed by atoms with E-state index < -0.39 is 0 Å². The van der Waals surface area contributed by atoms with Crippen LogP contribution in [0.3, 0.4) is 0 Å². The third-order valence-corrected chi connectivity index (χ3v) is 4.39. The fraction of sp³-hybridized carbons (Fsp3) is 0.938. The summed E-state index contributed by atoms with van der Waals surface area (Å²) in [6.07, 6.45) is 5.06. The zero-order chi connectivity index (χ0) is 15.6. The molecule has 0 aromatic rings. The molecule has 2 aliphatic rings. The fourth-order valence-corrected chi connectivity index (χ4v) is 3.12. The Hall–Kier alpha value is -0.850. The summed E-state index contributed by atoms with van der Waals surface area (Å²) in [6.45, 7) is 8.58. The molecule has 2 fully saturated rings. The Bertz CT molecular complexity index is 338. The van der Waals surface area contributed by atoms with E-state index in [0.717, 1.165) is 58.3 Å². The molecule has 2 N–H and O–H groups in total. The van der Waals surface area contributed by atoms with E-state index in [2.05, 4.69) is 20.5 Å². The van der Waals surface area contributed by atoms with Gasteiger partial charge in [-0.1, -0.05) is 0 Å². The van der Waals surface area contributed by atoms with Crippen molar-refractivity contribution in [2.75, 3.05) is 53.0 Å². The predicted molar refractivity (Wildman–Crippen MR) is 89.4 cm³/mol. The van der Waals surface area contributed by atoms with Crippen molar-refractivity contribution in [3.8, 4) is 0 Å². The summed E-state index contributed by atoms with van der Waals surface area (Å²) < 4.78 is 11.3. The van der Waals surface area contributed by atoms with Gasteiger partial charge in [-0.15, -0.1) is 0 Å². The van der Waals surface area contributed by atoms with Crippen LogP contribution in [0.2, 0.25) is 0 Å². The van der Waals surface area contributed by atoms with Crippen LogP contribution in [-0.4, -0.2) is 76.1 Å². The average molecular weight is 312 g/mol. The second-order valence-electron chi connectivity index (χ2n) is 6.03. The van der Waals surface area contributed by atoms with Crippen LogP contribution in [0.1, 0.15) is 32.6 Å². The molecule has 2 aliphatic heterocycles. The highest BCUT2D eigenvalue weighted by atomic mass is 16.5. The lowest BCUT2D eigenvalue weighted by Gasteiger charge is -2.35. The number of nitrogens with zero attached hydrogens (tertiary/aromatic N) is 2. The van der Waals surface area contributed by atoms with Gasteiger partial charge in [-0.2, -0.15) is 0 Å². The first-order chi connectivity index (χ1) is 10.8. The first-order valence-electron chi connectivity index (χ1n) is 8.71. The Balaban J connectivity index is 1.56. The van der Waals surface area contributed by atoms with Gasteiger partial charge in [-0.05, 0) is 39.2 Å². The van der Waals surface area contributed by atoms with Crippen LogP contribution < -0.4 is 10.6 Å². The molecule has 0 aromatic heterocycles. The van der Waals surface area contributed by atoms with Gasteiger partial charge in [0.15, 0.2) is 5.96 Å². The lowest BCUT2D eigenvalue weighted by atomic mass is 10.2. The van der Waals surface area contributed by atoms with Crippen LogP contribution in [-0.2, 0) is 9.47 Å². The van der Waals surface area contributed by atoms with Crippen molar-refractivity contribution in [2.45, 2.75) is 44.8 Å². The molecule has 6 heteroatoms. The zero-order valence-electron chi connectivity index (χ0n) is 14.1. The van der Waals surface area contributed by atoms with E-state index in [1.807, 2.05) is 14.0 Å². The lowest BCUT2D eigenvalue weighted by molar-refractivity contribution is -0.0453. The van der Waals surface area contributed by atoms with E-state index >= 15 is 0 Å². The van der Waals surface area contributed by atoms with Crippen LogP contribution >= 0.6 is 0 Å². The van der Waals surface area contributed by atoms with Crippen LogP contribution in [0.15, 0.2) is 4.99 Å². The molecule has 0 saturated carbocycles. The Morgan fingerprint density at radius 1 is 1.36 bits per heavy atom. The third kappa shape index (κ3) is 5.74. The molecule has 128 valence electrons. The summed E-state index contributed by atoms with van der Waals surface area (Å²) in [5.41, 5.74) is 0. The minimum atomic E-state index is 0.269. The summed E-state index contributed by atoms with van der Waals surface area (Å²) in [6, 6.07) is 0.666. The highest BCUT2D eigenvalue weighted by molar-refractivity contribution is 5.79. The van der Waals surface area contributed by atoms with Crippen molar-refractivity contribution < 1.29 is 9.47 Å². The maximum absolute atomic E-state index is 5.95. The molecule has 2 atom stereocenters. The molecule has 0 aliphatic carbocycles. The molecule has 2 rings (SSSR count). The van der Waals surface area contributed by atoms with Gasteiger partial charge in [-0.25, -0.2) is 0 Å². The second kappa shape index (κ2) is 10.0. The first-order valence-corrected chi connectivity index (χ1v) is 8.71. The maximum atomic E-state index is 5.95. The van der Waals surface area contributed by atoms with E-state index in [0.29, 0.717) is 6.04 Å². The van der Waals surface area contributed by atoms with Crippen molar-refractivity contribution >= 4 is 5.96 Å². The first kappa shape index (κ1) is 17.5. The third-order valence-electron chi connectivity index (χ3n) is 4.39. The largest absolute Gasteiger partial charge is 0.382 e. The smallest absolute Gasteiger partial charge is 0.191 e. The SMILES string of the molecule is CCOCCCCNC(=NC)NCC1CN2CCCC2CO1. The second-order valence-corrected chi connectivity index (χ2v) is 6.03. The van der Waals surface area contributed by atoms with Gasteiger partial charge in [0.1, 0.15) is 0 Å². The average Bonchev–Trinajstić information content (AvgIpc) is 3.01. The standard InChI is InChI=1S/C16H32N4O2/c1-3-21-10-5-4-8-18-16(17-2)19-11-15-12-20-9-6-7-14(20)13-22-15/h14-15H,3-13H2,1-2H3,(H2,17,18,19). The maximum Gasteiger partial charge on any atom is 0.191 e. The summed E-state index contributed by atoms with van der Waals surface area (Å²) in [5.74, 6) is 0.864. The normalized spacial score (nSPS) is 26.0. The van der Waals surface area contributed by atoms with E-state index in [9.17, 15) is 0 Å². The quantitative estimate of drug-likeness (QED) is 0.395. The number of guanidine groups is 1. The van der Waals surface area contributed by atoms with Crippen LogP contribution in [0.4, 0.5) is 0 Å².